The number of carbonyl (C=O) groups excluding carboxylic acids is 1. The molecule has 1 fully saturated rings. The van der Waals surface area contributed by atoms with Crippen molar-refractivity contribution >= 4 is 5.97 Å². The molecule has 0 radical (unpaired) electrons. The summed E-state index contributed by atoms with van der Waals surface area (Å²) >= 11 is 0. The summed E-state index contributed by atoms with van der Waals surface area (Å²) in [4.78, 5) is 13.6. The minimum Gasteiger partial charge on any atom is -0.469 e. The summed E-state index contributed by atoms with van der Waals surface area (Å²) in [7, 11) is 1.46. The van der Waals surface area contributed by atoms with Crippen LogP contribution < -0.4 is 0 Å². The summed E-state index contributed by atoms with van der Waals surface area (Å²) in [5.74, 6) is 0.635. The van der Waals surface area contributed by atoms with E-state index in [2.05, 4.69) is 30.4 Å². The van der Waals surface area contributed by atoms with Crippen LogP contribution in [0.5, 0.6) is 0 Å². The molecule has 0 bridgehead atoms. The molecule has 0 aromatic carbocycles. The molecular weight excluding hydrogens is 202 g/mol. The van der Waals surface area contributed by atoms with Gasteiger partial charge in [0, 0.05) is 12.0 Å². The summed E-state index contributed by atoms with van der Waals surface area (Å²) in [6, 6.07) is 0. The molecule has 0 amide bonds. The quantitative estimate of drug-likeness (QED) is 0.694. The number of esters is 1. The second-order valence-electron chi connectivity index (χ2n) is 5.72. The lowest BCUT2D eigenvalue weighted by atomic mass is 9.90. The second kappa shape index (κ2) is 5.67. The van der Waals surface area contributed by atoms with Gasteiger partial charge in [-0.05, 0) is 59.0 Å². The van der Waals surface area contributed by atoms with Gasteiger partial charge in [-0.25, -0.2) is 0 Å². The lowest BCUT2D eigenvalue weighted by Gasteiger charge is -2.40. The maximum atomic E-state index is 11.0. The fraction of sp³-hybridized carbons (Fsp3) is 0.923. The normalized spacial score (nSPS) is 19.8. The van der Waals surface area contributed by atoms with Crippen molar-refractivity contribution in [1.82, 2.24) is 4.90 Å². The highest BCUT2D eigenvalue weighted by molar-refractivity contribution is 5.69. The van der Waals surface area contributed by atoms with Gasteiger partial charge < -0.3 is 4.74 Å². The van der Waals surface area contributed by atoms with Crippen LogP contribution >= 0.6 is 0 Å². The first-order valence-electron chi connectivity index (χ1n) is 6.25. The third kappa shape index (κ3) is 4.12. The molecule has 1 heterocycles. The summed E-state index contributed by atoms with van der Waals surface area (Å²) in [5, 5.41) is 0. The van der Waals surface area contributed by atoms with E-state index in [1.807, 2.05) is 0 Å². The van der Waals surface area contributed by atoms with Crippen LogP contribution in [0.4, 0.5) is 0 Å². The largest absolute Gasteiger partial charge is 0.469 e. The van der Waals surface area contributed by atoms with Gasteiger partial charge in [-0.15, -0.1) is 0 Å². The molecule has 94 valence electrons. The predicted octanol–water partition coefficient (Wildman–Crippen LogP) is 2.45. The Morgan fingerprint density at radius 3 is 2.31 bits per heavy atom. The van der Waals surface area contributed by atoms with Crippen LogP contribution in [0.15, 0.2) is 0 Å². The number of ether oxygens (including phenoxy) is 1. The third-order valence-electron chi connectivity index (χ3n) is 3.55. The van der Waals surface area contributed by atoms with Crippen molar-refractivity contribution in [3.05, 3.63) is 0 Å². The highest BCUT2D eigenvalue weighted by Gasteiger charge is 2.26. The van der Waals surface area contributed by atoms with Crippen molar-refractivity contribution in [2.45, 2.75) is 52.0 Å². The molecule has 1 aliphatic heterocycles. The zero-order valence-electron chi connectivity index (χ0n) is 11.1. The number of hydrogen-bond acceptors (Lipinski definition) is 3. The Hall–Kier alpha value is -0.570. The van der Waals surface area contributed by atoms with Gasteiger partial charge >= 0.3 is 5.97 Å². The molecule has 0 aromatic heterocycles. The molecular formula is C13H25NO2. The van der Waals surface area contributed by atoms with Gasteiger partial charge in [0.25, 0.3) is 0 Å². The first-order valence-corrected chi connectivity index (χ1v) is 6.25. The van der Waals surface area contributed by atoms with Crippen LogP contribution in [0.1, 0.15) is 46.5 Å². The molecule has 0 saturated carbocycles. The molecule has 16 heavy (non-hydrogen) atoms. The zero-order valence-corrected chi connectivity index (χ0v) is 11.1. The number of nitrogens with zero attached hydrogens (tertiary/aromatic N) is 1. The van der Waals surface area contributed by atoms with Gasteiger partial charge in [0.1, 0.15) is 0 Å². The molecule has 0 spiro atoms. The van der Waals surface area contributed by atoms with Crippen LogP contribution in [0.25, 0.3) is 0 Å². The lowest BCUT2D eigenvalue weighted by molar-refractivity contribution is -0.141. The Morgan fingerprint density at radius 2 is 1.88 bits per heavy atom. The van der Waals surface area contributed by atoms with Gasteiger partial charge in [0.2, 0.25) is 0 Å². The summed E-state index contributed by atoms with van der Waals surface area (Å²) in [5.41, 5.74) is 0.285. The number of likely N-dealkylation sites (tertiary alicyclic amines) is 1. The topological polar surface area (TPSA) is 29.5 Å². The van der Waals surface area contributed by atoms with Crippen molar-refractivity contribution in [3.63, 3.8) is 0 Å². The molecule has 0 aromatic rings. The van der Waals surface area contributed by atoms with E-state index >= 15 is 0 Å². The Bertz CT molecular complexity index is 225. The van der Waals surface area contributed by atoms with Crippen molar-refractivity contribution in [2.75, 3.05) is 20.2 Å². The third-order valence-corrected chi connectivity index (χ3v) is 3.55. The summed E-state index contributed by atoms with van der Waals surface area (Å²) in [6.45, 7) is 9.12. The second-order valence-corrected chi connectivity index (χ2v) is 5.72. The predicted molar refractivity (Wildman–Crippen MR) is 65.3 cm³/mol. The molecule has 0 atom stereocenters. The van der Waals surface area contributed by atoms with Crippen LogP contribution in [-0.4, -0.2) is 36.6 Å². The fourth-order valence-electron chi connectivity index (χ4n) is 2.32. The number of piperidine rings is 1. The van der Waals surface area contributed by atoms with Gasteiger partial charge in [0.15, 0.2) is 0 Å². The highest BCUT2D eigenvalue weighted by atomic mass is 16.5. The Kier molecular flexibility index (Phi) is 4.78. The van der Waals surface area contributed by atoms with Gasteiger partial charge in [-0.2, -0.15) is 0 Å². The van der Waals surface area contributed by atoms with Gasteiger partial charge in [-0.1, -0.05) is 0 Å². The molecule has 0 N–H and O–H groups in total. The maximum absolute atomic E-state index is 11.0. The number of hydrogen-bond donors (Lipinski definition) is 0. The van der Waals surface area contributed by atoms with E-state index in [1.165, 1.54) is 20.0 Å². The monoisotopic (exact) mass is 227 g/mol. The smallest absolute Gasteiger partial charge is 0.305 e. The first-order chi connectivity index (χ1) is 7.43. The van der Waals surface area contributed by atoms with Crippen LogP contribution in [0.3, 0.4) is 0 Å². The average molecular weight is 227 g/mol. The SMILES string of the molecule is COC(=O)CCC1CCN(C(C)(C)C)CC1. The minimum atomic E-state index is -0.0711. The summed E-state index contributed by atoms with van der Waals surface area (Å²) in [6.07, 6.45) is 4.00. The molecule has 1 rings (SSSR count). The van der Waals surface area contributed by atoms with E-state index in [1.54, 1.807) is 0 Å². The van der Waals surface area contributed by atoms with E-state index in [0.717, 1.165) is 19.5 Å². The van der Waals surface area contributed by atoms with E-state index in [-0.39, 0.29) is 11.5 Å². The molecule has 0 aliphatic carbocycles. The number of rotatable bonds is 3. The van der Waals surface area contributed by atoms with Crippen molar-refractivity contribution in [2.24, 2.45) is 5.92 Å². The molecule has 3 heteroatoms. The van der Waals surface area contributed by atoms with Crippen molar-refractivity contribution in [1.29, 1.82) is 0 Å². The number of carbonyl (C=O) groups is 1. The minimum absolute atomic E-state index is 0.0711. The maximum Gasteiger partial charge on any atom is 0.305 e. The van der Waals surface area contributed by atoms with E-state index in [4.69, 9.17) is 0 Å². The molecule has 1 aliphatic rings. The first kappa shape index (κ1) is 13.5. The van der Waals surface area contributed by atoms with Crippen molar-refractivity contribution in [3.8, 4) is 0 Å². The Morgan fingerprint density at radius 1 is 1.31 bits per heavy atom. The number of methoxy groups -OCH3 is 1. The molecule has 1 saturated heterocycles. The lowest BCUT2D eigenvalue weighted by Crippen LogP contribution is -2.46. The fourth-order valence-corrected chi connectivity index (χ4v) is 2.32. The average Bonchev–Trinajstić information content (AvgIpc) is 2.25. The molecule has 0 unspecified atom stereocenters. The van der Waals surface area contributed by atoms with Gasteiger partial charge in [0.05, 0.1) is 7.11 Å². The highest BCUT2D eigenvalue weighted by Crippen LogP contribution is 2.26. The van der Waals surface area contributed by atoms with Crippen molar-refractivity contribution < 1.29 is 9.53 Å². The van der Waals surface area contributed by atoms with E-state index in [0.29, 0.717) is 12.3 Å². The zero-order chi connectivity index (χ0) is 12.2. The van der Waals surface area contributed by atoms with Crippen LogP contribution in [-0.2, 0) is 9.53 Å². The Balaban J connectivity index is 2.25. The molecule has 3 nitrogen and oxygen atoms in total. The van der Waals surface area contributed by atoms with E-state index < -0.39 is 0 Å². The van der Waals surface area contributed by atoms with Crippen LogP contribution in [0, 0.1) is 5.92 Å². The van der Waals surface area contributed by atoms with Gasteiger partial charge in [-0.3, -0.25) is 9.69 Å². The van der Waals surface area contributed by atoms with E-state index in [9.17, 15) is 4.79 Å². The standard InChI is InChI=1S/C13H25NO2/c1-13(2,3)14-9-7-11(8-10-14)5-6-12(15)16-4/h11H,5-10H2,1-4H3. The van der Waals surface area contributed by atoms with Crippen LogP contribution in [0.2, 0.25) is 0 Å². The summed E-state index contributed by atoms with van der Waals surface area (Å²) < 4.78 is 4.67. The Labute approximate surface area is 99.1 Å².